The van der Waals surface area contributed by atoms with Crippen LogP contribution >= 0.6 is 0 Å². The summed E-state index contributed by atoms with van der Waals surface area (Å²) in [6, 6.07) is 10.2. The molecule has 1 aliphatic rings. The van der Waals surface area contributed by atoms with Crippen LogP contribution in [-0.4, -0.2) is 49.5 Å². The smallest absolute Gasteiger partial charge is 0.154 e. The highest BCUT2D eigenvalue weighted by atomic mass is 16.3. The summed E-state index contributed by atoms with van der Waals surface area (Å²) in [5, 5.41) is 11.0. The van der Waals surface area contributed by atoms with Gasteiger partial charge in [0, 0.05) is 24.8 Å². The molecule has 0 saturated carbocycles. The molecule has 4 heterocycles. The Kier molecular flexibility index (Phi) is 3.60. The van der Waals surface area contributed by atoms with E-state index in [-0.39, 0.29) is 0 Å². The zero-order chi connectivity index (χ0) is 18.6. The molecule has 1 fully saturated rings. The van der Waals surface area contributed by atoms with Gasteiger partial charge in [-0.25, -0.2) is 9.97 Å². The second-order valence-electron chi connectivity index (χ2n) is 7.61. The van der Waals surface area contributed by atoms with Crippen molar-refractivity contribution in [2.24, 2.45) is 0 Å². The normalized spacial score (nSPS) is 17.7. The summed E-state index contributed by atoms with van der Waals surface area (Å²) in [6.45, 7) is 3.85. The van der Waals surface area contributed by atoms with Gasteiger partial charge in [0.25, 0.3) is 0 Å². The second kappa shape index (κ2) is 5.90. The molecule has 0 aliphatic carbocycles. The van der Waals surface area contributed by atoms with Gasteiger partial charge in [-0.2, -0.15) is 0 Å². The molecule has 1 aromatic carbocycles. The van der Waals surface area contributed by atoms with E-state index in [1.165, 1.54) is 0 Å². The van der Waals surface area contributed by atoms with Crippen molar-refractivity contribution in [3.05, 3.63) is 54.1 Å². The minimum atomic E-state index is -0.726. The van der Waals surface area contributed by atoms with Crippen molar-refractivity contribution in [3.8, 4) is 11.3 Å². The van der Waals surface area contributed by atoms with Crippen LogP contribution in [0.5, 0.6) is 0 Å². The fraction of sp³-hybridized carbons (Fsp3) is 0.333. The lowest BCUT2D eigenvalue weighted by molar-refractivity contribution is -0.0203. The zero-order valence-corrected chi connectivity index (χ0v) is 15.6. The number of benzene rings is 1. The predicted octanol–water partition coefficient (Wildman–Crippen LogP) is 3.10. The highest BCUT2D eigenvalue weighted by Gasteiger charge is 2.32. The van der Waals surface area contributed by atoms with Crippen LogP contribution in [0, 0.1) is 6.92 Å². The summed E-state index contributed by atoms with van der Waals surface area (Å²) in [7, 11) is 2.10. The van der Waals surface area contributed by atoms with E-state index in [0.717, 1.165) is 65.3 Å². The molecule has 6 heteroatoms. The van der Waals surface area contributed by atoms with Crippen LogP contribution in [0.4, 0.5) is 0 Å². The molecule has 27 heavy (non-hydrogen) atoms. The highest BCUT2D eigenvalue weighted by molar-refractivity contribution is 5.84. The third-order valence-corrected chi connectivity index (χ3v) is 5.85. The Balaban J connectivity index is 1.56. The van der Waals surface area contributed by atoms with E-state index >= 15 is 0 Å². The number of aliphatic hydroxyl groups is 1. The second-order valence-corrected chi connectivity index (χ2v) is 7.61. The van der Waals surface area contributed by atoms with E-state index < -0.39 is 5.60 Å². The number of fused-ring (bicyclic) bond motifs is 3. The SMILES string of the molecule is Cc1nc(-c2ccc(C3(O)CCN(C)CC3)cc2)c2cnc3[nH]ccc3n12. The average Bonchev–Trinajstić information content (AvgIpc) is 3.28. The van der Waals surface area contributed by atoms with E-state index in [2.05, 4.69) is 38.4 Å². The third-order valence-electron chi connectivity index (χ3n) is 5.85. The molecule has 6 nitrogen and oxygen atoms in total. The standard InChI is InChI=1S/C21H23N5O/c1-14-24-19(18-13-23-20-17(26(14)18)7-10-22-20)15-3-5-16(6-4-15)21(27)8-11-25(2)12-9-21/h3-7,10,13,22,27H,8-9,11-12H2,1-2H3. The number of rotatable bonds is 2. The van der Waals surface area contributed by atoms with Crippen molar-refractivity contribution in [1.29, 1.82) is 0 Å². The van der Waals surface area contributed by atoms with Gasteiger partial charge in [0.1, 0.15) is 5.82 Å². The molecule has 0 bridgehead atoms. The van der Waals surface area contributed by atoms with Crippen LogP contribution in [0.1, 0.15) is 24.2 Å². The Morgan fingerprint density at radius 3 is 2.56 bits per heavy atom. The number of hydrogen-bond acceptors (Lipinski definition) is 4. The monoisotopic (exact) mass is 361 g/mol. The molecule has 4 aromatic rings. The maximum Gasteiger partial charge on any atom is 0.154 e. The lowest BCUT2D eigenvalue weighted by Crippen LogP contribution is -2.40. The number of aromatic amines is 1. The number of piperidine rings is 1. The molecule has 5 rings (SSSR count). The number of aryl methyl sites for hydroxylation is 1. The van der Waals surface area contributed by atoms with Gasteiger partial charge in [-0.15, -0.1) is 0 Å². The van der Waals surface area contributed by atoms with Crippen LogP contribution in [0.25, 0.3) is 27.9 Å². The molecule has 0 spiro atoms. The first-order valence-corrected chi connectivity index (χ1v) is 9.38. The van der Waals surface area contributed by atoms with Crippen LogP contribution in [0.3, 0.4) is 0 Å². The lowest BCUT2D eigenvalue weighted by atomic mass is 9.84. The van der Waals surface area contributed by atoms with Crippen molar-refractivity contribution >= 4 is 16.7 Å². The number of hydrogen-bond donors (Lipinski definition) is 2. The Morgan fingerprint density at radius 2 is 1.81 bits per heavy atom. The largest absolute Gasteiger partial charge is 0.385 e. The maximum atomic E-state index is 11.0. The number of nitrogens with one attached hydrogen (secondary N) is 1. The Morgan fingerprint density at radius 1 is 1.07 bits per heavy atom. The summed E-state index contributed by atoms with van der Waals surface area (Å²) >= 11 is 0. The van der Waals surface area contributed by atoms with Gasteiger partial charge in [0.05, 0.1) is 28.5 Å². The van der Waals surface area contributed by atoms with Crippen LogP contribution < -0.4 is 0 Å². The molecule has 2 N–H and O–H groups in total. The van der Waals surface area contributed by atoms with Crippen molar-refractivity contribution in [3.63, 3.8) is 0 Å². The fourth-order valence-corrected chi connectivity index (χ4v) is 4.16. The lowest BCUT2D eigenvalue weighted by Gasteiger charge is -2.37. The van der Waals surface area contributed by atoms with Crippen LogP contribution in [0.2, 0.25) is 0 Å². The Labute approximate surface area is 157 Å². The van der Waals surface area contributed by atoms with Gasteiger partial charge in [-0.3, -0.25) is 4.40 Å². The number of H-pyrrole nitrogens is 1. The van der Waals surface area contributed by atoms with E-state index in [4.69, 9.17) is 4.98 Å². The maximum absolute atomic E-state index is 11.0. The van der Waals surface area contributed by atoms with Crippen LogP contribution in [0.15, 0.2) is 42.7 Å². The molecule has 0 amide bonds. The molecule has 1 saturated heterocycles. The molecule has 3 aromatic heterocycles. The number of nitrogens with zero attached hydrogens (tertiary/aromatic N) is 4. The quantitative estimate of drug-likeness (QED) is 0.576. The van der Waals surface area contributed by atoms with Crippen molar-refractivity contribution < 1.29 is 5.11 Å². The molecule has 0 unspecified atom stereocenters. The fourth-order valence-electron chi connectivity index (χ4n) is 4.16. The van der Waals surface area contributed by atoms with E-state index in [0.29, 0.717) is 0 Å². The first-order valence-electron chi connectivity index (χ1n) is 9.38. The minimum Gasteiger partial charge on any atom is -0.385 e. The van der Waals surface area contributed by atoms with Gasteiger partial charge in [0.15, 0.2) is 5.65 Å². The van der Waals surface area contributed by atoms with Gasteiger partial charge in [0.2, 0.25) is 0 Å². The predicted molar refractivity (Wildman–Crippen MR) is 106 cm³/mol. The van der Waals surface area contributed by atoms with Gasteiger partial charge >= 0.3 is 0 Å². The first-order chi connectivity index (χ1) is 13.0. The first kappa shape index (κ1) is 16.5. The van der Waals surface area contributed by atoms with E-state index in [1.54, 1.807) is 0 Å². The Hall–Kier alpha value is -2.70. The Bertz CT molecular complexity index is 1120. The molecule has 138 valence electrons. The average molecular weight is 361 g/mol. The topological polar surface area (TPSA) is 69.5 Å². The summed E-state index contributed by atoms with van der Waals surface area (Å²) in [6.07, 6.45) is 5.30. The summed E-state index contributed by atoms with van der Waals surface area (Å²) in [5.41, 5.74) is 5.10. The molecular weight excluding hydrogens is 338 g/mol. The molecular formula is C21H23N5O. The van der Waals surface area contributed by atoms with Crippen LogP contribution in [-0.2, 0) is 5.60 Å². The van der Waals surface area contributed by atoms with E-state index in [9.17, 15) is 5.11 Å². The molecule has 0 radical (unpaired) electrons. The summed E-state index contributed by atoms with van der Waals surface area (Å²) < 4.78 is 2.13. The zero-order valence-electron chi connectivity index (χ0n) is 15.6. The summed E-state index contributed by atoms with van der Waals surface area (Å²) in [4.78, 5) is 14.7. The highest BCUT2D eigenvalue weighted by Crippen LogP contribution is 2.34. The number of likely N-dealkylation sites (tertiary alicyclic amines) is 1. The third kappa shape index (κ3) is 2.56. The molecule has 0 atom stereocenters. The van der Waals surface area contributed by atoms with Gasteiger partial charge in [-0.1, -0.05) is 24.3 Å². The van der Waals surface area contributed by atoms with Crippen molar-refractivity contribution in [2.45, 2.75) is 25.4 Å². The number of imidazole rings is 1. The molecule has 1 aliphatic heterocycles. The number of aromatic nitrogens is 4. The summed E-state index contributed by atoms with van der Waals surface area (Å²) in [5.74, 6) is 0.935. The van der Waals surface area contributed by atoms with Gasteiger partial charge in [-0.05, 0) is 38.4 Å². The van der Waals surface area contributed by atoms with Crippen molar-refractivity contribution in [2.75, 3.05) is 20.1 Å². The van der Waals surface area contributed by atoms with E-state index in [1.807, 2.05) is 37.5 Å². The van der Waals surface area contributed by atoms with Crippen molar-refractivity contribution in [1.82, 2.24) is 24.3 Å². The van der Waals surface area contributed by atoms with Gasteiger partial charge < -0.3 is 15.0 Å². The minimum absolute atomic E-state index is 0.726.